The second-order valence-electron chi connectivity index (χ2n) is 5.40. The van der Waals surface area contributed by atoms with Crippen molar-refractivity contribution >= 4 is 44.8 Å². The maximum Gasteiger partial charge on any atom is 0.226 e. The maximum atomic E-state index is 12.5. The highest BCUT2D eigenvalue weighted by atomic mass is 79.9. The average molecular weight is 385 g/mol. The molecule has 1 heterocycles. The van der Waals surface area contributed by atoms with Gasteiger partial charge in [0.25, 0.3) is 0 Å². The molecule has 5 heteroatoms. The number of nitrogens with zero attached hydrogens (tertiary/aromatic N) is 1. The van der Waals surface area contributed by atoms with E-state index in [0.717, 1.165) is 21.5 Å². The number of hydrogen-bond acceptors (Lipinski definition) is 2. The molecule has 1 saturated carbocycles. The number of benzene rings is 1. The number of amides is 1. The quantitative estimate of drug-likeness (QED) is 0.732. The van der Waals surface area contributed by atoms with Gasteiger partial charge < -0.3 is 4.90 Å². The average Bonchev–Trinajstić information content (AvgIpc) is 3.15. The summed E-state index contributed by atoms with van der Waals surface area (Å²) in [5, 5.41) is 2.81. The Morgan fingerprint density at radius 1 is 1.48 bits per heavy atom. The van der Waals surface area contributed by atoms with E-state index < -0.39 is 0 Å². The summed E-state index contributed by atoms with van der Waals surface area (Å²) >= 11 is 11.3. The van der Waals surface area contributed by atoms with Crippen LogP contribution in [0.15, 0.2) is 40.2 Å². The fourth-order valence-electron chi connectivity index (χ4n) is 2.62. The van der Waals surface area contributed by atoms with Crippen LogP contribution in [0.3, 0.4) is 0 Å². The van der Waals surface area contributed by atoms with E-state index in [2.05, 4.69) is 22.0 Å². The van der Waals surface area contributed by atoms with Crippen molar-refractivity contribution < 1.29 is 4.79 Å². The summed E-state index contributed by atoms with van der Waals surface area (Å²) in [6, 6.07) is 9.88. The zero-order valence-electron chi connectivity index (χ0n) is 11.6. The molecule has 0 saturated heterocycles. The number of thiophene rings is 1. The van der Waals surface area contributed by atoms with Crippen molar-refractivity contribution in [1.82, 2.24) is 4.90 Å². The molecule has 0 radical (unpaired) electrons. The minimum atomic E-state index is 0.0818. The predicted molar refractivity (Wildman–Crippen MR) is 90.8 cm³/mol. The fourth-order valence-corrected chi connectivity index (χ4v) is 4.40. The van der Waals surface area contributed by atoms with Crippen molar-refractivity contribution in [2.45, 2.75) is 18.9 Å². The van der Waals surface area contributed by atoms with Crippen molar-refractivity contribution in [2.75, 3.05) is 7.05 Å². The molecular formula is C16H15BrClNOS. The molecule has 1 aliphatic rings. The number of hydrogen-bond donors (Lipinski definition) is 0. The van der Waals surface area contributed by atoms with Gasteiger partial charge in [-0.05, 0) is 46.0 Å². The third-order valence-corrected chi connectivity index (χ3v) is 5.83. The van der Waals surface area contributed by atoms with E-state index in [0.29, 0.717) is 6.54 Å². The molecule has 2 nitrogen and oxygen atoms in total. The summed E-state index contributed by atoms with van der Waals surface area (Å²) in [4.78, 5) is 15.5. The van der Waals surface area contributed by atoms with E-state index in [1.54, 1.807) is 11.3 Å². The van der Waals surface area contributed by atoms with Crippen LogP contribution in [0.25, 0.3) is 0 Å². The molecule has 0 bridgehead atoms. The standard InChI is InChI=1S/C16H15BrClNOS/c1-19(8-11-6-10(17)9-21-11)16(20)14-7-13(14)12-4-2-3-5-15(12)18/h2-6,9,13-14H,7-8H2,1H3. The second-order valence-corrected chi connectivity index (χ2v) is 7.71. The summed E-state index contributed by atoms with van der Waals surface area (Å²) in [5.74, 6) is 0.575. The van der Waals surface area contributed by atoms with Crippen LogP contribution >= 0.6 is 38.9 Å². The SMILES string of the molecule is CN(Cc1cc(Br)cs1)C(=O)C1CC1c1ccccc1Cl. The molecule has 0 N–H and O–H groups in total. The molecule has 2 atom stereocenters. The summed E-state index contributed by atoms with van der Waals surface area (Å²) in [6.45, 7) is 0.668. The lowest BCUT2D eigenvalue weighted by molar-refractivity contribution is -0.131. The second kappa shape index (κ2) is 6.11. The van der Waals surface area contributed by atoms with Crippen LogP contribution < -0.4 is 0 Å². The summed E-state index contributed by atoms with van der Waals surface area (Å²) in [5.41, 5.74) is 1.10. The first-order valence-corrected chi connectivity index (χ1v) is 8.83. The number of carbonyl (C=O) groups excluding carboxylic acids is 1. The van der Waals surface area contributed by atoms with Gasteiger partial charge in [-0.25, -0.2) is 0 Å². The lowest BCUT2D eigenvalue weighted by Crippen LogP contribution is -2.27. The first-order valence-electron chi connectivity index (χ1n) is 6.78. The minimum absolute atomic E-state index is 0.0818. The Bertz CT molecular complexity index is 672. The Morgan fingerprint density at radius 3 is 2.90 bits per heavy atom. The molecular weight excluding hydrogens is 370 g/mol. The Morgan fingerprint density at radius 2 is 2.24 bits per heavy atom. The molecule has 3 rings (SSSR count). The third kappa shape index (κ3) is 3.33. The van der Waals surface area contributed by atoms with Crippen molar-refractivity contribution in [3.63, 3.8) is 0 Å². The largest absolute Gasteiger partial charge is 0.340 e. The van der Waals surface area contributed by atoms with Crippen LogP contribution in [-0.2, 0) is 11.3 Å². The number of rotatable bonds is 4. The van der Waals surface area contributed by atoms with Crippen molar-refractivity contribution in [2.24, 2.45) is 5.92 Å². The third-order valence-electron chi connectivity index (χ3n) is 3.80. The van der Waals surface area contributed by atoms with E-state index in [1.165, 1.54) is 4.88 Å². The molecule has 1 amide bonds. The van der Waals surface area contributed by atoms with Gasteiger partial charge in [-0.2, -0.15) is 0 Å². The summed E-state index contributed by atoms with van der Waals surface area (Å²) in [6.07, 6.45) is 0.904. The van der Waals surface area contributed by atoms with Gasteiger partial charge in [-0.3, -0.25) is 4.79 Å². The first kappa shape index (κ1) is 15.1. The van der Waals surface area contributed by atoms with Gasteiger partial charge in [0.15, 0.2) is 0 Å². The lowest BCUT2D eigenvalue weighted by atomic mass is 10.1. The molecule has 1 aromatic heterocycles. The zero-order valence-corrected chi connectivity index (χ0v) is 14.7. The highest BCUT2D eigenvalue weighted by molar-refractivity contribution is 9.10. The highest BCUT2D eigenvalue weighted by Gasteiger charge is 2.45. The van der Waals surface area contributed by atoms with Gasteiger partial charge in [0.2, 0.25) is 5.91 Å². The molecule has 2 aromatic rings. The normalized spacial score (nSPS) is 20.3. The predicted octanol–water partition coefficient (Wildman–Crippen LogP) is 4.93. The number of halogens is 2. The van der Waals surface area contributed by atoms with E-state index >= 15 is 0 Å². The van der Waals surface area contributed by atoms with Crippen molar-refractivity contribution in [1.29, 1.82) is 0 Å². The molecule has 1 aliphatic carbocycles. The smallest absolute Gasteiger partial charge is 0.226 e. The molecule has 1 fully saturated rings. The van der Waals surface area contributed by atoms with Gasteiger partial charge in [-0.15, -0.1) is 11.3 Å². The van der Waals surface area contributed by atoms with Crippen LogP contribution in [0.2, 0.25) is 5.02 Å². The number of carbonyl (C=O) groups is 1. The van der Waals surface area contributed by atoms with Gasteiger partial charge in [0.1, 0.15) is 0 Å². The maximum absolute atomic E-state index is 12.5. The van der Waals surface area contributed by atoms with Crippen LogP contribution in [0.4, 0.5) is 0 Å². The Balaban J connectivity index is 1.63. The zero-order chi connectivity index (χ0) is 15.0. The molecule has 0 spiro atoms. The molecule has 110 valence electrons. The Hall–Kier alpha value is -0.840. The van der Waals surface area contributed by atoms with Crippen LogP contribution in [0.1, 0.15) is 22.8 Å². The van der Waals surface area contributed by atoms with Crippen LogP contribution in [-0.4, -0.2) is 17.9 Å². The van der Waals surface area contributed by atoms with E-state index in [9.17, 15) is 4.79 Å². The van der Waals surface area contributed by atoms with Crippen molar-refractivity contribution in [3.8, 4) is 0 Å². The molecule has 1 aromatic carbocycles. The fraction of sp³-hybridized carbons (Fsp3) is 0.312. The monoisotopic (exact) mass is 383 g/mol. The molecule has 21 heavy (non-hydrogen) atoms. The van der Waals surface area contributed by atoms with E-state index in [-0.39, 0.29) is 17.7 Å². The topological polar surface area (TPSA) is 20.3 Å². The van der Waals surface area contributed by atoms with Crippen molar-refractivity contribution in [3.05, 3.63) is 55.6 Å². The Labute approximate surface area is 141 Å². The van der Waals surface area contributed by atoms with Crippen LogP contribution in [0.5, 0.6) is 0 Å². The molecule has 0 aliphatic heterocycles. The molecule has 2 unspecified atom stereocenters. The van der Waals surface area contributed by atoms with Crippen LogP contribution in [0, 0.1) is 5.92 Å². The Kier molecular flexibility index (Phi) is 4.38. The van der Waals surface area contributed by atoms with Gasteiger partial charge >= 0.3 is 0 Å². The summed E-state index contributed by atoms with van der Waals surface area (Å²) < 4.78 is 1.07. The first-order chi connectivity index (χ1) is 10.1. The lowest BCUT2D eigenvalue weighted by Gasteiger charge is -2.16. The van der Waals surface area contributed by atoms with Gasteiger partial charge in [-0.1, -0.05) is 29.8 Å². The van der Waals surface area contributed by atoms with Gasteiger partial charge in [0, 0.05) is 32.7 Å². The van der Waals surface area contributed by atoms with E-state index in [4.69, 9.17) is 11.6 Å². The minimum Gasteiger partial charge on any atom is -0.340 e. The highest BCUT2D eigenvalue weighted by Crippen LogP contribution is 2.50. The van der Waals surface area contributed by atoms with Gasteiger partial charge in [0.05, 0.1) is 6.54 Å². The summed E-state index contributed by atoms with van der Waals surface area (Å²) in [7, 11) is 1.87. The van der Waals surface area contributed by atoms with E-state index in [1.807, 2.05) is 41.6 Å².